The zero-order valence-corrected chi connectivity index (χ0v) is 18.3. The number of hydrogen-bond acceptors (Lipinski definition) is 3. The summed E-state index contributed by atoms with van der Waals surface area (Å²) in [5.74, 6) is -0.524. The number of carbonyl (C=O) groups excluding carboxylic acids is 2. The topological polar surface area (TPSA) is 67.4 Å². The third-order valence-corrected chi connectivity index (χ3v) is 4.89. The summed E-state index contributed by atoms with van der Waals surface area (Å²) in [7, 11) is 0. The summed E-state index contributed by atoms with van der Waals surface area (Å²) in [5.41, 5.74) is 2.14. The first kappa shape index (κ1) is 23.8. The van der Waals surface area contributed by atoms with E-state index in [0.717, 1.165) is 23.3 Å². The van der Waals surface area contributed by atoms with Crippen molar-refractivity contribution in [2.45, 2.75) is 33.1 Å². The van der Waals surface area contributed by atoms with Gasteiger partial charge in [0.25, 0.3) is 11.8 Å². The number of aryl methyl sites for hydroxylation is 2. The second kappa shape index (κ2) is 9.77. The minimum absolute atomic E-state index is 0.0341. The van der Waals surface area contributed by atoms with Crippen LogP contribution in [0.2, 0.25) is 0 Å². The molecule has 0 radical (unpaired) electrons. The Labute approximate surface area is 189 Å². The van der Waals surface area contributed by atoms with Crippen LogP contribution in [0.4, 0.5) is 24.5 Å². The number of anilines is 2. The lowest BCUT2D eigenvalue weighted by molar-refractivity contribution is -0.137. The van der Waals surface area contributed by atoms with Gasteiger partial charge in [0, 0.05) is 16.9 Å². The van der Waals surface area contributed by atoms with Crippen LogP contribution in [0.5, 0.6) is 5.75 Å². The van der Waals surface area contributed by atoms with Gasteiger partial charge in [0.2, 0.25) is 0 Å². The van der Waals surface area contributed by atoms with Crippen molar-refractivity contribution in [3.8, 4) is 5.75 Å². The summed E-state index contributed by atoms with van der Waals surface area (Å²) in [6.07, 6.45) is -5.29. The average Bonchev–Trinajstić information content (AvgIpc) is 2.75. The Balaban J connectivity index is 1.60. The maximum Gasteiger partial charge on any atom is 0.416 e. The molecule has 2 amide bonds. The lowest BCUT2D eigenvalue weighted by Gasteiger charge is -2.16. The third kappa shape index (κ3) is 6.35. The average molecular weight is 456 g/mol. The number of halogens is 3. The fraction of sp³-hybridized carbons (Fsp3) is 0.200. The molecule has 0 saturated carbocycles. The zero-order chi connectivity index (χ0) is 24.2. The molecule has 0 aromatic heterocycles. The van der Waals surface area contributed by atoms with Crippen LogP contribution in [0.1, 0.15) is 34.0 Å². The van der Waals surface area contributed by atoms with Crippen molar-refractivity contribution in [1.82, 2.24) is 0 Å². The van der Waals surface area contributed by atoms with E-state index >= 15 is 0 Å². The van der Waals surface area contributed by atoms with Gasteiger partial charge in [0.05, 0.1) is 5.56 Å². The van der Waals surface area contributed by atoms with E-state index in [0.29, 0.717) is 11.4 Å². The first-order valence-corrected chi connectivity index (χ1v) is 10.2. The summed E-state index contributed by atoms with van der Waals surface area (Å²) in [6, 6.07) is 16.0. The predicted molar refractivity (Wildman–Crippen MR) is 120 cm³/mol. The molecule has 5 nitrogen and oxygen atoms in total. The minimum Gasteiger partial charge on any atom is -0.481 e. The molecule has 0 fully saturated rings. The fourth-order valence-electron chi connectivity index (χ4n) is 3.11. The van der Waals surface area contributed by atoms with Crippen molar-refractivity contribution in [3.05, 3.63) is 89.0 Å². The maximum absolute atomic E-state index is 12.8. The van der Waals surface area contributed by atoms with Gasteiger partial charge in [-0.25, -0.2) is 0 Å². The van der Waals surface area contributed by atoms with E-state index in [1.165, 1.54) is 36.4 Å². The van der Waals surface area contributed by atoms with Crippen LogP contribution in [-0.4, -0.2) is 17.9 Å². The Morgan fingerprint density at radius 1 is 0.909 bits per heavy atom. The molecule has 0 aliphatic rings. The highest BCUT2D eigenvalue weighted by Crippen LogP contribution is 2.30. The smallest absolute Gasteiger partial charge is 0.416 e. The lowest BCUT2D eigenvalue weighted by atomic mass is 10.1. The molecule has 3 rings (SSSR count). The molecule has 33 heavy (non-hydrogen) atoms. The molecule has 0 spiro atoms. The third-order valence-electron chi connectivity index (χ3n) is 4.89. The van der Waals surface area contributed by atoms with Crippen molar-refractivity contribution in [2.75, 3.05) is 10.6 Å². The molecule has 0 bridgehead atoms. The van der Waals surface area contributed by atoms with Crippen molar-refractivity contribution in [2.24, 2.45) is 0 Å². The number of benzene rings is 3. The second-order valence-corrected chi connectivity index (χ2v) is 7.62. The van der Waals surface area contributed by atoms with Gasteiger partial charge in [0.1, 0.15) is 5.75 Å². The van der Waals surface area contributed by atoms with Gasteiger partial charge in [-0.05, 0) is 74.9 Å². The normalized spacial score (nSPS) is 12.1. The van der Waals surface area contributed by atoms with Gasteiger partial charge in [-0.2, -0.15) is 13.2 Å². The number of hydrogen-bond donors (Lipinski definition) is 2. The van der Waals surface area contributed by atoms with Gasteiger partial charge in [-0.15, -0.1) is 0 Å². The lowest BCUT2D eigenvalue weighted by Crippen LogP contribution is -2.30. The zero-order valence-electron chi connectivity index (χ0n) is 18.3. The standard InChI is InChI=1S/C25H23F3N2O3/c1-15-7-12-22(16(2)13-15)30-23(31)17(3)33-21-10-8-18(9-11-21)24(32)29-20-6-4-5-19(14-20)25(26,27)28/h4-14,17H,1-3H3,(H,29,32)(H,30,31). The number of rotatable bonds is 6. The Kier molecular flexibility index (Phi) is 7.06. The molecule has 1 atom stereocenters. The summed E-state index contributed by atoms with van der Waals surface area (Å²) >= 11 is 0. The van der Waals surface area contributed by atoms with E-state index in [1.54, 1.807) is 6.92 Å². The molecule has 0 aliphatic heterocycles. The molecule has 172 valence electrons. The maximum atomic E-state index is 12.8. The van der Waals surface area contributed by atoms with E-state index < -0.39 is 23.8 Å². The van der Waals surface area contributed by atoms with Crippen LogP contribution in [-0.2, 0) is 11.0 Å². The van der Waals surface area contributed by atoms with Gasteiger partial charge >= 0.3 is 6.18 Å². The predicted octanol–water partition coefficient (Wildman–Crippen LogP) is 5.98. The van der Waals surface area contributed by atoms with Crippen LogP contribution < -0.4 is 15.4 Å². The molecule has 3 aromatic rings. The highest BCUT2D eigenvalue weighted by molar-refractivity contribution is 6.04. The molecule has 1 unspecified atom stereocenters. The van der Waals surface area contributed by atoms with Crippen molar-refractivity contribution < 1.29 is 27.5 Å². The van der Waals surface area contributed by atoms with Crippen LogP contribution in [0.25, 0.3) is 0 Å². The first-order chi connectivity index (χ1) is 15.5. The van der Waals surface area contributed by atoms with Crippen molar-refractivity contribution in [1.29, 1.82) is 0 Å². The van der Waals surface area contributed by atoms with Crippen LogP contribution in [0.15, 0.2) is 66.7 Å². The summed E-state index contributed by atoms with van der Waals surface area (Å²) in [4.78, 5) is 24.8. The number of carbonyl (C=O) groups is 2. The van der Waals surface area contributed by atoms with Crippen molar-refractivity contribution >= 4 is 23.2 Å². The Morgan fingerprint density at radius 3 is 2.24 bits per heavy atom. The fourth-order valence-corrected chi connectivity index (χ4v) is 3.11. The van der Waals surface area contributed by atoms with E-state index in [4.69, 9.17) is 4.74 Å². The molecular formula is C25H23F3N2O3. The summed E-state index contributed by atoms with van der Waals surface area (Å²) in [5, 5.41) is 5.26. The van der Waals surface area contributed by atoms with Gasteiger partial charge in [0.15, 0.2) is 6.10 Å². The van der Waals surface area contributed by atoms with Gasteiger partial charge < -0.3 is 15.4 Å². The highest BCUT2D eigenvalue weighted by atomic mass is 19.4. The van der Waals surface area contributed by atoms with Gasteiger partial charge in [-0.3, -0.25) is 9.59 Å². The molecule has 8 heteroatoms. The quantitative estimate of drug-likeness (QED) is 0.480. The number of amides is 2. The molecule has 0 heterocycles. The Hall–Kier alpha value is -3.81. The number of nitrogens with one attached hydrogen (secondary N) is 2. The summed E-state index contributed by atoms with van der Waals surface area (Å²) in [6.45, 7) is 5.47. The number of alkyl halides is 3. The SMILES string of the molecule is Cc1ccc(NC(=O)C(C)Oc2ccc(C(=O)Nc3cccc(C(F)(F)F)c3)cc2)c(C)c1. The van der Waals surface area contributed by atoms with E-state index in [9.17, 15) is 22.8 Å². The van der Waals surface area contributed by atoms with Crippen LogP contribution in [0.3, 0.4) is 0 Å². The Bertz CT molecular complexity index is 1160. The molecule has 3 aromatic carbocycles. The minimum atomic E-state index is -4.50. The van der Waals surface area contributed by atoms with Crippen molar-refractivity contribution in [3.63, 3.8) is 0 Å². The second-order valence-electron chi connectivity index (χ2n) is 7.62. The summed E-state index contributed by atoms with van der Waals surface area (Å²) < 4.78 is 44.2. The monoisotopic (exact) mass is 456 g/mol. The van der Waals surface area contributed by atoms with E-state index in [1.807, 2.05) is 32.0 Å². The molecular weight excluding hydrogens is 433 g/mol. The van der Waals surface area contributed by atoms with E-state index in [2.05, 4.69) is 10.6 Å². The highest BCUT2D eigenvalue weighted by Gasteiger charge is 2.30. The molecule has 2 N–H and O–H groups in total. The van der Waals surface area contributed by atoms with E-state index in [-0.39, 0.29) is 17.2 Å². The largest absolute Gasteiger partial charge is 0.481 e. The number of ether oxygens (including phenoxy) is 1. The van der Waals surface area contributed by atoms with Crippen LogP contribution >= 0.6 is 0 Å². The molecule has 0 aliphatic carbocycles. The molecule has 0 saturated heterocycles. The van der Waals surface area contributed by atoms with Crippen LogP contribution in [0, 0.1) is 13.8 Å². The van der Waals surface area contributed by atoms with Gasteiger partial charge in [-0.1, -0.05) is 23.8 Å². The first-order valence-electron chi connectivity index (χ1n) is 10.2. The Morgan fingerprint density at radius 2 is 1.61 bits per heavy atom.